The van der Waals surface area contributed by atoms with Crippen LogP contribution in [0.5, 0.6) is 0 Å². The van der Waals surface area contributed by atoms with E-state index >= 15 is 0 Å². The van der Waals surface area contributed by atoms with Crippen LogP contribution in [0.2, 0.25) is 0 Å². The summed E-state index contributed by atoms with van der Waals surface area (Å²) in [5, 5.41) is 11.4. The number of aryl methyl sites for hydroxylation is 2. The van der Waals surface area contributed by atoms with Crippen LogP contribution < -0.4 is 0 Å². The summed E-state index contributed by atoms with van der Waals surface area (Å²) < 4.78 is 1.69. The lowest BCUT2D eigenvalue weighted by molar-refractivity contribution is 0.756. The van der Waals surface area contributed by atoms with Gasteiger partial charge in [0, 0.05) is 0 Å². The summed E-state index contributed by atoms with van der Waals surface area (Å²) in [4.78, 5) is 0. The van der Waals surface area contributed by atoms with Gasteiger partial charge in [0.2, 0.25) is 0 Å². The maximum absolute atomic E-state index is 6.03. The summed E-state index contributed by atoms with van der Waals surface area (Å²) in [5.41, 5.74) is 3.27. The van der Waals surface area contributed by atoms with Gasteiger partial charge in [-0.3, -0.25) is 0 Å². The van der Waals surface area contributed by atoms with Gasteiger partial charge in [-0.25, -0.2) is 0 Å². The van der Waals surface area contributed by atoms with Crippen molar-refractivity contribution in [2.24, 2.45) is 0 Å². The number of aromatic nitrogens is 4. The molecular formula is C11H13ClN4. The molecule has 0 fully saturated rings. The Morgan fingerprint density at radius 2 is 2.06 bits per heavy atom. The van der Waals surface area contributed by atoms with Crippen LogP contribution in [0.3, 0.4) is 0 Å². The highest BCUT2D eigenvalue weighted by Gasteiger charge is 2.14. The van der Waals surface area contributed by atoms with Gasteiger partial charge in [-0.1, -0.05) is 12.1 Å². The van der Waals surface area contributed by atoms with Gasteiger partial charge in [0.25, 0.3) is 0 Å². The lowest BCUT2D eigenvalue weighted by Crippen LogP contribution is -2.05. The molecule has 1 unspecified atom stereocenters. The van der Waals surface area contributed by atoms with Gasteiger partial charge >= 0.3 is 0 Å². The van der Waals surface area contributed by atoms with Crippen LogP contribution >= 0.6 is 11.6 Å². The first kappa shape index (κ1) is 11.1. The molecule has 0 N–H and O–H groups in total. The molecule has 0 radical (unpaired) electrons. The number of hydrogen-bond donors (Lipinski definition) is 0. The van der Waals surface area contributed by atoms with Crippen LogP contribution in [0.15, 0.2) is 18.2 Å². The zero-order chi connectivity index (χ0) is 11.7. The third-order valence-corrected chi connectivity index (χ3v) is 2.64. The van der Waals surface area contributed by atoms with E-state index < -0.39 is 0 Å². The third kappa shape index (κ3) is 1.93. The van der Waals surface area contributed by atoms with Gasteiger partial charge in [0.15, 0.2) is 5.82 Å². The maximum atomic E-state index is 6.03. The molecule has 5 heteroatoms. The van der Waals surface area contributed by atoms with Crippen molar-refractivity contribution in [1.82, 2.24) is 20.2 Å². The van der Waals surface area contributed by atoms with E-state index in [4.69, 9.17) is 11.6 Å². The van der Waals surface area contributed by atoms with Crippen molar-refractivity contribution in [1.29, 1.82) is 0 Å². The predicted molar refractivity (Wildman–Crippen MR) is 62.9 cm³/mol. The molecule has 2 aromatic rings. The standard InChI is InChI=1S/C11H13ClN4/c1-7-4-5-8(2)10(6-7)16-11(9(3)12)13-14-15-16/h4-6,9H,1-3H3. The van der Waals surface area contributed by atoms with Crippen molar-refractivity contribution >= 4 is 11.6 Å². The van der Waals surface area contributed by atoms with Crippen molar-refractivity contribution in [3.8, 4) is 5.69 Å². The molecular weight excluding hydrogens is 224 g/mol. The Bertz CT molecular complexity index is 504. The SMILES string of the molecule is Cc1ccc(C)c(-n2nnnc2C(C)Cl)c1. The first-order chi connectivity index (χ1) is 7.59. The smallest absolute Gasteiger partial charge is 0.174 e. The lowest BCUT2D eigenvalue weighted by atomic mass is 10.1. The molecule has 84 valence electrons. The topological polar surface area (TPSA) is 43.6 Å². The number of halogens is 1. The van der Waals surface area contributed by atoms with Gasteiger partial charge in [0.1, 0.15) is 0 Å². The summed E-state index contributed by atoms with van der Waals surface area (Å²) in [6.45, 7) is 5.92. The van der Waals surface area contributed by atoms with E-state index in [2.05, 4.69) is 33.7 Å². The van der Waals surface area contributed by atoms with E-state index in [-0.39, 0.29) is 5.38 Å². The summed E-state index contributed by atoms with van der Waals surface area (Å²) in [7, 11) is 0. The first-order valence-electron chi connectivity index (χ1n) is 5.09. The van der Waals surface area contributed by atoms with Crippen LogP contribution in [0.1, 0.15) is 29.3 Å². The van der Waals surface area contributed by atoms with Crippen LogP contribution in [0.4, 0.5) is 0 Å². The van der Waals surface area contributed by atoms with E-state index in [1.807, 2.05) is 20.8 Å². The Balaban J connectivity index is 2.58. The molecule has 0 aliphatic heterocycles. The summed E-state index contributed by atoms with van der Waals surface area (Å²) in [6.07, 6.45) is 0. The van der Waals surface area contributed by atoms with Gasteiger partial charge < -0.3 is 0 Å². The second-order valence-corrected chi connectivity index (χ2v) is 4.51. The van der Waals surface area contributed by atoms with Crippen LogP contribution in [0.25, 0.3) is 5.69 Å². The van der Waals surface area contributed by atoms with Gasteiger partial charge in [-0.05, 0) is 48.4 Å². The molecule has 1 aromatic carbocycles. The molecule has 0 saturated carbocycles. The Labute approximate surface area is 99.2 Å². The number of rotatable bonds is 2. The average molecular weight is 237 g/mol. The van der Waals surface area contributed by atoms with Crippen molar-refractivity contribution < 1.29 is 0 Å². The molecule has 0 amide bonds. The maximum Gasteiger partial charge on any atom is 0.174 e. The zero-order valence-corrected chi connectivity index (χ0v) is 10.2. The van der Waals surface area contributed by atoms with Crippen molar-refractivity contribution in [2.75, 3.05) is 0 Å². The van der Waals surface area contributed by atoms with Crippen LogP contribution in [-0.4, -0.2) is 20.2 Å². The summed E-state index contributed by atoms with van der Waals surface area (Å²) >= 11 is 6.03. The Morgan fingerprint density at radius 1 is 1.31 bits per heavy atom. The van der Waals surface area contributed by atoms with Crippen molar-refractivity contribution in [2.45, 2.75) is 26.1 Å². The lowest BCUT2D eigenvalue weighted by Gasteiger charge is -2.09. The Hall–Kier alpha value is -1.42. The normalized spacial score (nSPS) is 12.8. The van der Waals surface area contributed by atoms with Crippen molar-refractivity contribution in [3.05, 3.63) is 35.2 Å². The molecule has 1 atom stereocenters. The summed E-state index contributed by atoms with van der Waals surface area (Å²) in [6, 6.07) is 6.16. The average Bonchev–Trinajstić information content (AvgIpc) is 2.70. The molecule has 1 aromatic heterocycles. The molecule has 0 aliphatic carbocycles. The molecule has 0 aliphatic rings. The van der Waals surface area contributed by atoms with E-state index in [1.54, 1.807) is 4.68 Å². The molecule has 0 spiro atoms. The second-order valence-electron chi connectivity index (χ2n) is 3.85. The monoisotopic (exact) mass is 236 g/mol. The van der Waals surface area contributed by atoms with E-state index in [0.29, 0.717) is 5.82 Å². The fourth-order valence-corrected chi connectivity index (χ4v) is 1.70. The van der Waals surface area contributed by atoms with Gasteiger partial charge in [-0.2, -0.15) is 4.68 Å². The van der Waals surface area contributed by atoms with Crippen LogP contribution in [0, 0.1) is 13.8 Å². The number of nitrogens with zero attached hydrogens (tertiary/aromatic N) is 4. The predicted octanol–water partition coefficient (Wildman–Crippen LogP) is 2.58. The fourth-order valence-electron chi connectivity index (χ4n) is 1.56. The number of tetrazole rings is 1. The quantitative estimate of drug-likeness (QED) is 0.753. The largest absolute Gasteiger partial charge is 0.196 e. The highest BCUT2D eigenvalue weighted by molar-refractivity contribution is 6.20. The van der Waals surface area contributed by atoms with E-state index in [1.165, 1.54) is 5.56 Å². The number of alkyl halides is 1. The van der Waals surface area contributed by atoms with Crippen molar-refractivity contribution in [3.63, 3.8) is 0 Å². The molecule has 0 bridgehead atoms. The number of benzene rings is 1. The highest BCUT2D eigenvalue weighted by atomic mass is 35.5. The minimum Gasteiger partial charge on any atom is -0.196 e. The molecule has 4 nitrogen and oxygen atoms in total. The van der Waals surface area contributed by atoms with E-state index in [0.717, 1.165) is 11.3 Å². The molecule has 16 heavy (non-hydrogen) atoms. The molecule has 0 saturated heterocycles. The number of hydrogen-bond acceptors (Lipinski definition) is 3. The summed E-state index contributed by atoms with van der Waals surface area (Å²) in [5.74, 6) is 0.662. The van der Waals surface area contributed by atoms with Crippen LogP contribution in [-0.2, 0) is 0 Å². The van der Waals surface area contributed by atoms with Gasteiger partial charge in [0.05, 0.1) is 11.1 Å². The van der Waals surface area contributed by atoms with E-state index in [9.17, 15) is 0 Å². The Kier molecular flexibility index (Phi) is 2.92. The third-order valence-electron chi connectivity index (χ3n) is 2.44. The first-order valence-corrected chi connectivity index (χ1v) is 5.53. The fraction of sp³-hybridized carbons (Fsp3) is 0.364. The highest BCUT2D eigenvalue weighted by Crippen LogP contribution is 2.21. The Morgan fingerprint density at radius 3 is 2.75 bits per heavy atom. The zero-order valence-electron chi connectivity index (χ0n) is 9.48. The minimum absolute atomic E-state index is 0.213. The van der Waals surface area contributed by atoms with Gasteiger partial charge in [-0.15, -0.1) is 16.7 Å². The molecule has 2 rings (SSSR count). The minimum atomic E-state index is -0.213. The molecule has 1 heterocycles. The second kappa shape index (κ2) is 4.22.